The summed E-state index contributed by atoms with van der Waals surface area (Å²) in [6.45, 7) is 13.6. The molecule has 0 aliphatic rings. The van der Waals surface area contributed by atoms with Crippen molar-refractivity contribution in [3.63, 3.8) is 0 Å². The second kappa shape index (κ2) is 12.5. The van der Waals surface area contributed by atoms with Gasteiger partial charge >= 0.3 is 0 Å². The monoisotopic (exact) mass is 492 g/mol. The van der Waals surface area contributed by atoms with Crippen molar-refractivity contribution in [2.45, 2.75) is 6.92 Å². The number of nitrogens with two attached hydrogens (primary N) is 1. The fraction of sp³-hybridized carbons (Fsp3) is 0.0294. The van der Waals surface area contributed by atoms with Gasteiger partial charge in [-0.25, -0.2) is 0 Å². The van der Waals surface area contributed by atoms with Crippen molar-refractivity contribution in [3.8, 4) is 34.4 Å². The molecule has 4 heteroatoms. The fourth-order valence-corrected chi connectivity index (χ4v) is 4.19. The molecule has 0 unspecified atom stereocenters. The minimum atomic E-state index is 0.296. The lowest BCUT2D eigenvalue weighted by molar-refractivity contribution is 1.44. The lowest BCUT2D eigenvalue weighted by Crippen LogP contribution is -1.94. The van der Waals surface area contributed by atoms with Crippen LogP contribution in [0.5, 0.6) is 0 Å². The van der Waals surface area contributed by atoms with Crippen molar-refractivity contribution in [1.82, 2.24) is 0 Å². The molecule has 0 bridgehead atoms. The minimum absolute atomic E-state index is 0.296. The number of rotatable bonds is 9. The molecule has 0 saturated carbocycles. The SMILES string of the molecule is C=Cc1c(-c2ccc(/C(C=N)=C/C(=C)C#N)cc2)ccc(-c2ccc(C(/C=C(\C)C#N)=C/N)cc2)c1C=C. The van der Waals surface area contributed by atoms with E-state index in [4.69, 9.17) is 21.7 Å². The molecule has 3 aromatic rings. The molecule has 0 aromatic heterocycles. The number of nitriles is 2. The van der Waals surface area contributed by atoms with Crippen LogP contribution in [0.4, 0.5) is 0 Å². The van der Waals surface area contributed by atoms with Crippen LogP contribution in [0.3, 0.4) is 0 Å². The first-order valence-electron chi connectivity index (χ1n) is 11.9. The molecule has 0 spiro atoms. The van der Waals surface area contributed by atoms with Crippen molar-refractivity contribution in [2.75, 3.05) is 0 Å². The molecule has 38 heavy (non-hydrogen) atoms. The Labute approximate surface area is 224 Å². The van der Waals surface area contributed by atoms with Gasteiger partial charge in [0.25, 0.3) is 0 Å². The summed E-state index contributed by atoms with van der Waals surface area (Å²) < 4.78 is 0. The third-order valence-corrected chi connectivity index (χ3v) is 6.11. The van der Waals surface area contributed by atoms with Gasteiger partial charge in [0, 0.05) is 29.1 Å². The summed E-state index contributed by atoms with van der Waals surface area (Å²) in [6, 6.07) is 24.1. The standard InChI is InChI=1S/C34H28N4/c1-5-31-32(6-2)34(28-13-9-26(10-14-28)30(22-38)18-24(4)20-36)16-15-33(31)27-11-7-25(8-12-27)29(21-37)17-23(3)19-35/h5-18,21-22,37H,1-3,38H2,4H3/b24-18+,29-17+,30-22+,37-21?. The third-order valence-electron chi connectivity index (χ3n) is 6.11. The second-order valence-corrected chi connectivity index (χ2v) is 8.49. The normalized spacial score (nSPS) is 11.7. The zero-order valence-corrected chi connectivity index (χ0v) is 21.3. The van der Waals surface area contributed by atoms with Crippen LogP contribution in [0, 0.1) is 28.1 Å². The van der Waals surface area contributed by atoms with E-state index >= 15 is 0 Å². The summed E-state index contributed by atoms with van der Waals surface area (Å²) in [5.74, 6) is 0. The fourth-order valence-electron chi connectivity index (χ4n) is 4.19. The van der Waals surface area contributed by atoms with Gasteiger partial charge < -0.3 is 11.1 Å². The average molecular weight is 493 g/mol. The van der Waals surface area contributed by atoms with Gasteiger partial charge in [-0.15, -0.1) is 0 Å². The van der Waals surface area contributed by atoms with E-state index in [9.17, 15) is 0 Å². The lowest BCUT2D eigenvalue weighted by Gasteiger charge is -2.16. The Bertz CT molecular complexity index is 1580. The highest BCUT2D eigenvalue weighted by Gasteiger charge is 2.13. The number of nitrogens with zero attached hydrogens (tertiary/aromatic N) is 2. The molecule has 0 heterocycles. The Morgan fingerprint density at radius 3 is 1.61 bits per heavy atom. The van der Waals surface area contributed by atoms with Crippen molar-refractivity contribution in [3.05, 3.63) is 132 Å². The summed E-state index contributed by atoms with van der Waals surface area (Å²) in [6.07, 6.45) is 9.76. The predicted octanol–water partition coefficient (Wildman–Crippen LogP) is 8.19. The maximum Gasteiger partial charge on any atom is 0.0985 e. The van der Waals surface area contributed by atoms with Gasteiger partial charge in [-0.3, -0.25) is 0 Å². The Morgan fingerprint density at radius 2 is 1.24 bits per heavy atom. The van der Waals surface area contributed by atoms with Crippen molar-refractivity contribution >= 4 is 29.5 Å². The summed E-state index contributed by atoms with van der Waals surface area (Å²) in [5.41, 5.74) is 15.8. The molecule has 0 radical (unpaired) electrons. The first kappa shape index (κ1) is 27.1. The highest BCUT2D eigenvalue weighted by molar-refractivity contribution is 6.09. The smallest absolute Gasteiger partial charge is 0.0985 e. The summed E-state index contributed by atoms with van der Waals surface area (Å²) >= 11 is 0. The first-order valence-corrected chi connectivity index (χ1v) is 11.9. The molecule has 3 N–H and O–H groups in total. The molecule has 4 nitrogen and oxygen atoms in total. The van der Waals surface area contributed by atoms with E-state index in [1.807, 2.05) is 66.8 Å². The van der Waals surface area contributed by atoms with Crippen LogP contribution in [0.1, 0.15) is 29.2 Å². The molecule has 0 fully saturated rings. The van der Waals surface area contributed by atoms with Crippen LogP contribution < -0.4 is 5.73 Å². The highest BCUT2D eigenvalue weighted by atomic mass is 14.5. The number of benzene rings is 3. The van der Waals surface area contributed by atoms with Gasteiger partial charge in [0.1, 0.15) is 0 Å². The van der Waals surface area contributed by atoms with Crippen LogP contribution >= 0.6 is 0 Å². The van der Waals surface area contributed by atoms with Crippen molar-refractivity contribution < 1.29 is 0 Å². The zero-order valence-electron chi connectivity index (χ0n) is 21.3. The Balaban J connectivity index is 2.03. The molecule has 0 saturated heterocycles. The van der Waals surface area contributed by atoms with Gasteiger partial charge in [-0.2, -0.15) is 10.5 Å². The maximum absolute atomic E-state index is 9.09. The van der Waals surface area contributed by atoms with Crippen molar-refractivity contribution in [2.24, 2.45) is 5.73 Å². The second-order valence-electron chi connectivity index (χ2n) is 8.49. The molecule has 0 aliphatic heterocycles. The molecule has 184 valence electrons. The molecule has 0 aliphatic carbocycles. The highest BCUT2D eigenvalue weighted by Crippen LogP contribution is 2.36. The van der Waals surface area contributed by atoms with Crippen LogP contribution in [0.25, 0.3) is 45.6 Å². The largest absolute Gasteiger partial charge is 0.404 e. The molecular formula is C34H28N4. The molecular weight excluding hydrogens is 464 g/mol. The van der Waals surface area contributed by atoms with Gasteiger partial charge in [-0.1, -0.05) is 92.6 Å². The number of hydrogen-bond acceptors (Lipinski definition) is 4. The molecule has 3 rings (SSSR count). The van der Waals surface area contributed by atoms with Crippen LogP contribution in [-0.4, -0.2) is 6.21 Å². The Kier molecular flexibility index (Phi) is 8.92. The summed E-state index contributed by atoms with van der Waals surface area (Å²) in [4.78, 5) is 0. The third kappa shape index (κ3) is 5.85. The number of allylic oxidation sites excluding steroid dienone is 6. The van der Waals surface area contributed by atoms with Crippen LogP contribution in [-0.2, 0) is 0 Å². The van der Waals surface area contributed by atoms with Crippen molar-refractivity contribution in [1.29, 1.82) is 15.9 Å². The Hall–Kier alpha value is -5.45. The average Bonchev–Trinajstić information content (AvgIpc) is 2.97. The number of hydrogen-bond donors (Lipinski definition) is 2. The van der Waals surface area contributed by atoms with E-state index in [0.29, 0.717) is 16.7 Å². The maximum atomic E-state index is 9.09. The number of nitrogens with one attached hydrogen (secondary N) is 1. The zero-order chi connectivity index (χ0) is 27.7. The quantitative estimate of drug-likeness (QED) is 0.179. The van der Waals surface area contributed by atoms with Gasteiger partial charge in [0.2, 0.25) is 0 Å². The van der Waals surface area contributed by atoms with E-state index in [1.54, 1.807) is 19.1 Å². The summed E-state index contributed by atoms with van der Waals surface area (Å²) in [7, 11) is 0. The van der Waals surface area contributed by atoms with Gasteiger partial charge in [0.05, 0.1) is 12.1 Å². The summed E-state index contributed by atoms with van der Waals surface area (Å²) in [5, 5.41) is 25.8. The van der Waals surface area contributed by atoms with E-state index in [0.717, 1.165) is 50.1 Å². The van der Waals surface area contributed by atoms with Crippen LogP contribution in [0.15, 0.2) is 110 Å². The van der Waals surface area contributed by atoms with E-state index in [1.165, 1.54) is 12.4 Å². The van der Waals surface area contributed by atoms with E-state index < -0.39 is 0 Å². The minimum Gasteiger partial charge on any atom is -0.404 e. The van der Waals surface area contributed by atoms with Gasteiger partial charge in [-0.05, 0) is 69.2 Å². The predicted molar refractivity (Wildman–Crippen MR) is 161 cm³/mol. The molecule has 3 aromatic carbocycles. The topological polar surface area (TPSA) is 97.5 Å². The van der Waals surface area contributed by atoms with Gasteiger partial charge in [0.15, 0.2) is 0 Å². The molecule has 0 amide bonds. The van der Waals surface area contributed by atoms with E-state index in [-0.39, 0.29) is 0 Å². The van der Waals surface area contributed by atoms with Crippen LogP contribution in [0.2, 0.25) is 0 Å². The first-order chi connectivity index (χ1) is 18.4. The Morgan fingerprint density at radius 1 is 0.763 bits per heavy atom. The van der Waals surface area contributed by atoms with E-state index in [2.05, 4.69) is 37.9 Å². The molecule has 0 atom stereocenters. The lowest BCUT2D eigenvalue weighted by atomic mass is 9.88.